The molecule has 4 rings (SSSR count). The van der Waals surface area contributed by atoms with Gasteiger partial charge in [-0.3, -0.25) is 9.59 Å². The third-order valence-electron chi connectivity index (χ3n) is 6.46. The Bertz CT molecular complexity index is 1510. The number of phenolic OH excluding ortho intramolecular Hbond substituents is 1. The maximum absolute atomic E-state index is 12.3. The number of H-pyrrole nitrogens is 1. The molecule has 1 heterocycles. The summed E-state index contributed by atoms with van der Waals surface area (Å²) in [5.41, 5.74) is 3.03. The van der Waals surface area contributed by atoms with Crippen LogP contribution in [0.3, 0.4) is 0 Å². The molecule has 4 aromatic rings. The van der Waals surface area contributed by atoms with E-state index in [1.165, 1.54) is 17.7 Å². The van der Waals surface area contributed by atoms with Gasteiger partial charge in [-0.05, 0) is 48.2 Å². The first-order valence-corrected chi connectivity index (χ1v) is 13.3. The number of carbonyl (C=O) groups is 1. The number of aromatic hydroxyl groups is 1. The number of anilines is 1. The minimum absolute atomic E-state index is 0.0656. The maximum atomic E-state index is 12.3. The standard InChI is InChI=1S/C30H32ClN4O5/c1-40-27-15-24(34-18-29(39)33-13-5-8-19-6-3-2-4-7-19)23(31)14-20(27)16-32-17-26(37)21-9-11-25(36)30-22(21)10-12-28(38)35-30/h2-3,6-7,9-12,14-15,26,32,34,36-37H,5,8,13,16-18H2,1H3,(H,33,39)(H,35,38)/t26-/m0/s1. The van der Waals surface area contributed by atoms with E-state index in [0.717, 1.165) is 18.4 Å². The summed E-state index contributed by atoms with van der Waals surface area (Å²) >= 11 is 6.48. The molecular formula is C30H32ClN4O5. The van der Waals surface area contributed by atoms with Gasteiger partial charge in [0.2, 0.25) is 11.5 Å². The summed E-state index contributed by atoms with van der Waals surface area (Å²) in [5, 5.41) is 31.0. The number of benzene rings is 3. The molecule has 9 nitrogen and oxygen atoms in total. The molecular weight excluding hydrogens is 532 g/mol. The van der Waals surface area contributed by atoms with Crippen LogP contribution in [0.1, 0.15) is 29.2 Å². The van der Waals surface area contributed by atoms with Crippen molar-refractivity contribution in [2.75, 3.05) is 32.1 Å². The number of nitrogens with one attached hydrogen (secondary N) is 4. The number of rotatable bonds is 13. The van der Waals surface area contributed by atoms with Crippen LogP contribution in [-0.2, 0) is 17.8 Å². The lowest BCUT2D eigenvalue weighted by Gasteiger charge is -2.17. The van der Waals surface area contributed by atoms with Gasteiger partial charge in [-0.15, -0.1) is 0 Å². The maximum Gasteiger partial charge on any atom is 0.248 e. The first-order chi connectivity index (χ1) is 19.4. The number of aliphatic hydroxyl groups excluding tert-OH is 1. The van der Waals surface area contributed by atoms with E-state index in [1.54, 1.807) is 31.4 Å². The topological polar surface area (TPSA) is 136 Å². The Kier molecular flexibility index (Phi) is 10.0. The Hall–Kier alpha value is -4.05. The second kappa shape index (κ2) is 13.8. The van der Waals surface area contributed by atoms with E-state index >= 15 is 0 Å². The van der Waals surface area contributed by atoms with E-state index in [1.807, 2.05) is 24.3 Å². The van der Waals surface area contributed by atoms with Crippen LogP contribution in [-0.4, -0.2) is 47.8 Å². The Balaban J connectivity index is 1.29. The molecule has 1 aromatic heterocycles. The van der Waals surface area contributed by atoms with Gasteiger partial charge in [-0.1, -0.05) is 41.9 Å². The summed E-state index contributed by atoms with van der Waals surface area (Å²) in [6.45, 7) is 1.19. The Morgan fingerprint density at radius 3 is 2.83 bits per heavy atom. The van der Waals surface area contributed by atoms with Crippen molar-refractivity contribution in [2.24, 2.45) is 0 Å². The van der Waals surface area contributed by atoms with E-state index in [2.05, 4.69) is 27.0 Å². The fourth-order valence-corrected chi connectivity index (χ4v) is 4.66. The zero-order chi connectivity index (χ0) is 28.5. The van der Waals surface area contributed by atoms with Crippen LogP contribution in [0.5, 0.6) is 11.5 Å². The van der Waals surface area contributed by atoms with Crippen molar-refractivity contribution in [1.29, 1.82) is 0 Å². The van der Waals surface area contributed by atoms with Gasteiger partial charge in [0, 0.05) is 42.7 Å². The minimum Gasteiger partial charge on any atom is -0.506 e. The summed E-state index contributed by atoms with van der Waals surface area (Å²) in [4.78, 5) is 26.5. The molecule has 0 aliphatic rings. The largest absolute Gasteiger partial charge is 0.506 e. The van der Waals surface area contributed by atoms with Gasteiger partial charge < -0.3 is 35.9 Å². The van der Waals surface area contributed by atoms with Gasteiger partial charge in [-0.2, -0.15) is 0 Å². The van der Waals surface area contributed by atoms with Crippen molar-refractivity contribution in [3.8, 4) is 11.5 Å². The molecule has 40 heavy (non-hydrogen) atoms. The highest BCUT2D eigenvalue weighted by atomic mass is 35.5. The molecule has 3 aromatic carbocycles. The number of hydrogen-bond donors (Lipinski definition) is 6. The van der Waals surface area contributed by atoms with Crippen LogP contribution in [0.4, 0.5) is 5.69 Å². The van der Waals surface area contributed by atoms with Crippen molar-refractivity contribution < 1.29 is 19.7 Å². The fourth-order valence-electron chi connectivity index (χ4n) is 4.41. The van der Waals surface area contributed by atoms with Crippen LogP contribution >= 0.6 is 11.6 Å². The second-order valence-corrected chi connectivity index (χ2v) is 9.70. The summed E-state index contributed by atoms with van der Waals surface area (Å²) < 4.78 is 5.53. The number of carbonyl (C=O) groups excluding carboxylic acids is 1. The van der Waals surface area contributed by atoms with Crippen molar-refractivity contribution in [3.63, 3.8) is 0 Å². The predicted molar refractivity (Wildman–Crippen MR) is 156 cm³/mol. The smallest absolute Gasteiger partial charge is 0.248 e. The van der Waals surface area contributed by atoms with E-state index < -0.39 is 6.10 Å². The van der Waals surface area contributed by atoms with Gasteiger partial charge in [0.05, 0.1) is 36.0 Å². The molecule has 0 aliphatic heterocycles. The van der Waals surface area contributed by atoms with Crippen molar-refractivity contribution >= 4 is 34.1 Å². The number of aromatic nitrogens is 1. The quantitative estimate of drug-likeness (QED) is 0.137. The normalized spacial score (nSPS) is 11.8. The van der Waals surface area contributed by atoms with Crippen molar-refractivity contribution in [2.45, 2.75) is 25.5 Å². The highest BCUT2D eigenvalue weighted by Crippen LogP contribution is 2.32. The Labute approximate surface area is 237 Å². The van der Waals surface area contributed by atoms with Gasteiger partial charge in [0.1, 0.15) is 11.5 Å². The molecule has 1 amide bonds. The zero-order valence-corrected chi connectivity index (χ0v) is 22.8. The number of methoxy groups -OCH3 is 1. The van der Waals surface area contributed by atoms with Crippen LogP contribution in [0, 0.1) is 6.07 Å². The number of aryl methyl sites for hydroxylation is 1. The van der Waals surface area contributed by atoms with Crippen LogP contribution in [0.25, 0.3) is 10.9 Å². The molecule has 10 heteroatoms. The Morgan fingerprint density at radius 1 is 1.20 bits per heavy atom. The molecule has 0 fully saturated rings. The van der Waals surface area contributed by atoms with Crippen molar-refractivity contribution in [1.82, 2.24) is 15.6 Å². The third kappa shape index (κ3) is 7.53. The zero-order valence-electron chi connectivity index (χ0n) is 22.1. The average Bonchev–Trinajstić information content (AvgIpc) is 2.95. The molecule has 209 valence electrons. The fraction of sp³-hybridized carbons (Fsp3) is 0.267. The summed E-state index contributed by atoms with van der Waals surface area (Å²) in [6, 6.07) is 20.3. The number of fused-ring (bicyclic) bond motifs is 1. The summed E-state index contributed by atoms with van der Waals surface area (Å²) in [5.74, 6) is 0.367. The van der Waals surface area contributed by atoms with Gasteiger partial charge >= 0.3 is 0 Å². The van der Waals surface area contributed by atoms with E-state index in [0.29, 0.717) is 40.5 Å². The summed E-state index contributed by atoms with van der Waals surface area (Å²) in [7, 11) is 1.55. The van der Waals surface area contributed by atoms with Gasteiger partial charge in [0.15, 0.2) is 0 Å². The van der Waals surface area contributed by atoms with E-state index in [4.69, 9.17) is 16.3 Å². The SMILES string of the molecule is COc1cc(NCC(=O)NCCCc2c[c]ccc2)c(Cl)cc1CNC[C@H](O)c1ccc(O)c2[nH]c(=O)ccc12. The van der Waals surface area contributed by atoms with Crippen LogP contribution in [0.2, 0.25) is 5.02 Å². The van der Waals surface area contributed by atoms with Gasteiger partial charge in [-0.25, -0.2) is 0 Å². The first kappa shape index (κ1) is 28.9. The number of aliphatic hydroxyl groups is 1. The number of ether oxygens (including phenoxy) is 1. The second-order valence-electron chi connectivity index (χ2n) is 9.29. The van der Waals surface area contributed by atoms with E-state index in [-0.39, 0.29) is 35.8 Å². The lowest BCUT2D eigenvalue weighted by atomic mass is 10.0. The third-order valence-corrected chi connectivity index (χ3v) is 6.78. The average molecular weight is 564 g/mol. The molecule has 0 bridgehead atoms. The highest BCUT2D eigenvalue weighted by molar-refractivity contribution is 6.33. The van der Waals surface area contributed by atoms with Crippen LogP contribution < -0.4 is 26.2 Å². The molecule has 0 unspecified atom stereocenters. The molecule has 0 saturated heterocycles. The molecule has 0 aliphatic carbocycles. The Morgan fingerprint density at radius 2 is 2.05 bits per heavy atom. The first-order valence-electron chi connectivity index (χ1n) is 12.9. The molecule has 6 N–H and O–H groups in total. The number of pyridine rings is 1. The van der Waals surface area contributed by atoms with E-state index in [9.17, 15) is 19.8 Å². The van der Waals surface area contributed by atoms with Gasteiger partial charge in [0.25, 0.3) is 0 Å². The molecule has 0 saturated carbocycles. The number of phenols is 1. The lowest BCUT2D eigenvalue weighted by molar-refractivity contribution is -0.119. The molecule has 1 radical (unpaired) electrons. The molecule has 1 atom stereocenters. The van der Waals surface area contributed by atoms with Crippen molar-refractivity contribution in [3.05, 3.63) is 98.8 Å². The predicted octanol–water partition coefficient (Wildman–Crippen LogP) is 3.68. The number of hydrogen-bond acceptors (Lipinski definition) is 7. The minimum atomic E-state index is -0.902. The number of aromatic amines is 1. The summed E-state index contributed by atoms with van der Waals surface area (Å²) in [6.07, 6.45) is 0.797. The molecule has 0 spiro atoms. The monoisotopic (exact) mass is 563 g/mol. The highest BCUT2D eigenvalue weighted by Gasteiger charge is 2.15. The van der Waals surface area contributed by atoms with Crippen LogP contribution in [0.15, 0.2) is 65.5 Å². The number of amides is 1. The number of halogens is 1. The lowest BCUT2D eigenvalue weighted by Crippen LogP contribution is -2.30.